The molecule has 0 spiro atoms. The second kappa shape index (κ2) is 4.18. The zero-order valence-corrected chi connectivity index (χ0v) is 8.92. The van der Waals surface area contributed by atoms with Crippen LogP contribution in [-0.4, -0.2) is 20.9 Å². The Labute approximate surface area is 93.1 Å². The van der Waals surface area contributed by atoms with Gasteiger partial charge >= 0.3 is 5.97 Å². The number of carboxylic acid groups (broad SMARTS) is 1. The van der Waals surface area contributed by atoms with Gasteiger partial charge in [-0.15, -0.1) is 0 Å². The lowest BCUT2D eigenvalue weighted by atomic mass is 10.1. The van der Waals surface area contributed by atoms with Gasteiger partial charge in [0.05, 0.1) is 6.54 Å². The van der Waals surface area contributed by atoms with Crippen molar-refractivity contribution in [2.45, 2.75) is 13.5 Å². The van der Waals surface area contributed by atoms with Gasteiger partial charge in [-0.25, -0.2) is 4.79 Å². The number of carboxylic acids is 1. The molecule has 0 saturated heterocycles. The van der Waals surface area contributed by atoms with Crippen LogP contribution in [0.2, 0.25) is 0 Å². The van der Waals surface area contributed by atoms with E-state index in [0.717, 1.165) is 11.1 Å². The van der Waals surface area contributed by atoms with Crippen molar-refractivity contribution < 1.29 is 9.90 Å². The van der Waals surface area contributed by atoms with Gasteiger partial charge in [0.2, 0.25) is 0 Å². The molecule has 1 aromatic heterocycles. The van der Waals surface area contributed by atoms with E-state index in [1.54, 1.807) is 0 Å². The summed E-state index contributed by atoms with van der Waals surface area (Å²) in [4.78, 5) is 10.9. The molecule has 0 amide bonds. The normalized spacial score (nSPS) is 10.3. The molecule has 4 heteroatoms. The molecule has 0 aliphatic heterocycles. The van der Waals surface area contributed by atoms with E-state index in [9.17, 15) is 4.79 Å². The molecule has 2 rings (SSSR count). The number of nitrogens with zero attached hydrogens (tertiary/aromatic N) is 2. The van der Waals surface area contributed by atoms with Crippen LogP contribution < -0.4 is 0 Å². The lowest BCUT2D eigenvalue weighted by Crippen LogP contribution is -2.10. The van der Waals surface area contributed by atoms with Crippen LogP contribution in [0.5, 0.6) is 0 Å². The number of aromatic nitrogens is 2. The van der Waals surface area contributed by atoms with E-state index in [1.807, 2.05) is 31.2 Å². The highest BCUT2D eigenvalue weighted by molar-refractivity contribution is 5.85. The van der Waals surface area contributed by atoms with E-state index >= 15 is 0 Å². The maximum Gasteiger partial charge on any atom is 0.354 e. The molecule has 1 heterocycles. The summed E-state index contributed by atoms with van der Waals surface area (Å²) >= 11 is 0. The topological polar surface area (TPSA) is 55.1 Å². The standard InChI is InChI=1S/C12H12N2O2/c1-9-3-2-4-10(7-9)8-14-11(12(15)16)5-6-13-14/h2-7H,8H2,1H3,(H,15,16). The van der Waals surface area contributed by atoms with Crippen LogP contribution in [0.15, 0.2) is 36.5 Å². The average Bonchev–Trinajstić information content (AvgIpc) is 2.66. The number of benzene rings is 1. The zero-order chi connectivity index (χ0) is 11.5. The summed E-state index contributed by atoms with van der Waals surface area (Å²) in [5, 5.41) is 12.9. The minimum atomic E-state index is -0.954. The van der Waals surface area contributed by atoms with Crippen molar-refractivity contribution in [2.24, 2.45) is 0 Å². The van der Waals surface area contributed by atoms with Crippen molar-refractivity contribution >= 4 is 5.97 Å². The molecular weight excluding hydrogens is 204 g/mol. The number of hydrogen-bond acceptors (Lipinski definition) is 2. The maximum absolute atomic E-state index is 10.9. The first-order valence-corrected chi connectivity index (χ1v) is 4.97. The van der Waals surface area contributed by atoms with Crippen LogP contribution in [-0.2, 0) is 6.54 Å². The largest absolute Gasteiger partial charge is 0.477 e. The third kappa shape index (κ3) is 2.11. The quantitative estimate of drug-likeness (QED) is 0.853. The summed E-state index contributed by atoms with van der Waals surface area (Å²) in [7, 11) is 0. The van der Waals surface area contributed by atoms with Crippen LogP contribution in [0, 0.1) is 6.92 Å². The Hall–Kier alpha value is -2.10. The molecule has 0 atom stereocenters. The average molecular weight is 216 g/mol. The van der Waals surface area contributed by atoms with Gasteiger partial charge in [-0.05, 0) is 18.6 Å². The molecule has 0 unspecified atom stereocenters. The van der Waals surface area contributed by atoms with E-state index in [0.29, 0.717) is 6.54 Å². The van der Waals surface area contributed by atoms with Crippen molar-refractivity contribution in [1.82, 2.24) is 9.78 Å². The number of carbonyl (C=O) groups is 1. The summed E-state index contributed by atoms with van der Waals surface area (Å²) in [6, 6.07) is 9.44. The van der Waals surface area contributed by atoms with Gasteiger partial charge in [-0.1, -0.05) is 29.8 Å². The Morgan fingerprint density at radius 1 is 1.44 bits per heavy atom. The molecule has 0 saturated carbocycles. The summed E-state index contributed by atoms with van der Waals surface area (Å²) in [5.41, 5.74) is 2.41. The van der Waals surface area contributed by atoms with E-state index in [2.05, 4.69) is 5.10 Å². The number of aromatic carboxylic acids is 1. The van der Waals surface area contributed by atoms with Gasteiger partial charge in [0.1, 0.15) is 5.69 Å². The fourth-order valence-corrected chi connectivity index (χ4v) is 1.62. The Morgan fingerprint density at radius 2 is 2.25 bits per heavy atom. The lowest BCUT2D eigenvalue weighted by molar-refractivity contribution is 0.0684. The molecular formula is C12H12N2O2. The SMILES string of the molecule is Cc1cccc(Cn2nccc2C(=O)O)c1. The highest BCUT2D eigenvalue weighted by Gasteiger charge is 2.09. The first-order chi connectivity index (χ1) is 7.66. The molecule has 4 nitrogen and oxygen atoms in total. The Bertz CT molecular complexity index is 517. The molecule has 1 N–H and O–H groups in total. The minimum absolute atomic E-state index is 0.210. The second-order valence-electron chi connectivity index (χ2n) is 3.67. The van der Waals surface area contributed by atoms with E-state index in [4.69, 9.17) is 5.11 Å². The van der Waals surface area contributed by atoms with Crippen LogP contribution in [0.25, 0.3) is 0 Å². The van der Waals surface area contributed by atoms with Gasteiger partial charge in [-0.3, -0.25) is 4.68 Å². The number of hydrogen-bond donors (Lipinski definition) is 1. The van der Waals surface area contributed by atoms with E-state index in [1.165, 1.54) is 16.9 Å². The Balaban J connectivity index is 2.27. The summed E-state index contributed by atoms with van der Waals surface area (Å²) in [6.45, 7) is 2.49. The molecule has 1 aromatic carbocycles. The highest BCUT2D eigenvalue weighted by atomic mass is 16.4. The maximum atomic E-state index is 10.9. The monoisotopic (exact) mass is 216 g/mol. The molecule has 0 fully saturated rings. The third-order valence-corrected chi connectivity index (χ3v) is 2.35. The Morgan fingerprint density at radius 3 is 2.94 bits per heavy atom. The summed E-state index contributed by atoms with van der Waals surface area (Å²) in [6.07, 6.45) is 1.50. The number of rotatable bonds is 3. The lowest BCUT2D eigenvalue weighted by Gasteiger charge is -2.05. The zero-order valence-electron chi connectivity index (χ0n) is 8.92. The predicted molar refractivity (Wildman–Crippen MR) is 59.5 cm³/mol. The molecule has 82 valence electrons. The predicted octanol–water partition coefficient (Wildman–Crippen LogP) is 1.94. The van der Waals surface area contributed by atoms with Crippen molar-refractivity contribution in [3.63, 3.8) is 0 Å². The van der Waals surface area contributed by atoms with E-state index in [-0.39, 0.29) is 5.69 Å². The number of aryl methyl sites for hydroxylation is 1. The van der Waals surface area contributed by atoms with Gasteiger partial charge < -0.3 is 5.11 Å². The van der Waals surface area contributed by atoms with Crippen LogP contribution >= 0.6 is 0 Å². The van der Waals surface area contributed by atoms with Crippen molar-refractivity contribution in [1.29, 1.82) is 0 Å². The summed E-state index contributed by atoms with van der Waals surface area (Å²) in [5.74, 6) is -0.954. The van der Waals surface area contributed by atoms with Gasteiger partial charge in [0, 0.05) is 6.20 Å². The minimum Gasteiger partial charge on any atom is -0.477 e. The fraction of sp³-hybridized carbons (Fsp3) is 0.167. The molecule has 2 aromatic rings. The van der Waals surface area contributed by atoms with Gasteiger partial charge in [-0.2, -0.15) is 5.10 Å². The van der Waals surface area contributed by atoms with Crippen molar-refractivity contribution in [3.05, 3.63) is 53.3 Å². The fourth-order valence-electron chi connectivity index (χ4n) is 1.62. The highest BCUT2D eigenvalue weighted by Crippen LogP contribution is 2.08. The molecule has 16 heavy (non-hydrogen) atoms. The van der Waals surface area contributed by atoms with Crippen molar-refractivity contribution in [2.75, 3.05) is 0 Å². The van der Waals surface area contributed by atoms with Crippen LogP contribution in [0.3, 0.4) is 0 Å². The molecule has 0 bridgehead atoms. The van der Waals surface area contributed by atoms with Gasteiger partial charge in [0.25, 0.3) is 0 Å². The summed E-state index contributed by atoms with van der Waals surface area (Å²) < 4.78 is 1.48. The second-order valence-corrected chi connectivity index (χ2v) is 3.67. The van der Waals surface area contributed by atoms with Gasteiger partial charge in [0.15, 0.2) is 0 Å². The van der Waals surface area contributed by atoms with E-state index < -0.39 is 5.97 Å². The first-order valence-electron chi connectivity index (χ1n) is 4.97. The molecule has 0 aliphatic rings. The Kier molecular flexibility index (Phi) is 2.72. The molecule has 0 radical (unpaired) electrons. The molecule has 0 aliphatic carbocycles. The van der Waals surface area contributed by atoms with Crippen molar-refractivity contribution in [3.8, 4) is 0 Å². The third-order valence-electron chi connectivity index (χ3n) is 2.35. The smallest absolute Gasteiger partial charge is 0.354 e. The van der Waals surface area contributed by atoms with Crippen LogP contribution in [0.1, 0.15) is 21.6 Å². The first kappa shape index (κ1) is 10.4. The van der Waals surface area contributed by atoms with Crippen LogP contribution in [0.4, 0.5) is 0 Å².